The number of nitrogens with zero attached hydrogens (tertiary/aromatic N) is 1. The molecule has 0 saturated heterocycles. The van der Waals surface area contributed by atoms with Gasteiger partial charge in [-0.15, -0.1) is 0 Å². The number of anilines is 1. The van der Waals surface area contributed by atoms with Crippen molar-refractivity contribution >= 4 is 5.69 Å². The van der Waals surface area contributed by atoms with Crippen LogP contribution in [0.15, 0.2) is 42.5 Å². The van der Waals surface area contributed by atoms with Crippen molar-refractivity contribution in [2.24, 2.45) is 0 Å². The molecule has 0 atom stereocenters. The quantitative estimate of drug-likeness (QED) is 0.725. The van der Waals surface area contributed by atoms with Gasteiger partial charge in [0.25, 0.3) is 0 Å². The molecular weight excluding hydrogens is 242 g/mol. The zero-order chi connectivity index (χ0) is 14.5. The maximum atomic E-state index is 3.45. The molecule has 0 aromatic heterocycles. The second-order valence-corrected chi connectivity index (χ2v) is 5.34. The molecule has 1 heteroatoms. The van der Waals surface area contributed by atoms with E-state index >= 15 is 0 Å². The van der Waals surface area contributed by atoms with Crippen molar-refractivity contribution in [3.05, 3.63) is 54.1 Å². The summed E-state index contributed by atoms with van der Waals surface area (Å²) in [6, 6.07) is 18.3. The van der Waals surface area contributed by atoms with Crippen molar-refractivity contribution in [2.45, 2.75) is 33.6 Å². The van der Waals surface area contributed by atoms with E-state index in [9.17, 15) is 0 Å². The van der Waals surface area contributed by atoms with Crippen molar-refractivity contribution in [1.29, 1.82) is 0 Å². The first kappa shape index (κ1) is 14.6. The Bertz CT molecular complexity index is 539. The number of rotatable bonds is 5. The van der Waals surface area contributed by atoms with Gasteiger partial charge < -0.3 is 4.90 Å². The highest BCUT2D eigenvalue weighted by atomic mass is 15.1. The maximum absolute atomic E-state index is 3.45. The topological polar surface area (TPSA) is 3.24 Å². The SMILES string of the molecule is CCN(CC)c1cc[c]c(-c2ccccc2)c1C(C)C. The Morgan fingerprint density at radius 1 is 1.00 bits per heavy atom. The van der Waals surface area contributed by atoms with E-state index in [1.165, 1.54) is 22.4 Å². The van der Waals surface area contributed by atoms with Crippen molar-refractivity contribution in [1.82, 2.24) is 0 Å². The third-order valence-corrected chi connectivity index (χ3v) is 3.76. The summed E-state index contributed by atoms with van der Waals surface area (Å²) in [5.74, 6) is 0.484. The van der Waals surface area contributed by atoms with Crippen LogP contribution in [0.3, 0.4) is 0 Å². The van der Waals surface area contributed by atoms with Gasteiger partial charge in [-0.25, -0.2) is 0 Å². The summed E-state index contributed by atoms with van der Waals surface area (Å²) in [5, 5.41) is 0. The normalized spacial score (nSPS) is 10.8. The lowest BCUT2D eigenvalue weighted by molar-refractivity contribution is 0.818. The minimum Gasteiger partial charge on any atom is -0.372 e. The predicted octanol–water partition coefficient (Wildman–Crippen LogP) is 5.12. The van der Waals surface area contributed by atoms with Crippen LogP contribution < -0.4 is 4.90 Å². The minimum atomic E-state index is 0.484. The van der Waals surface area contributed by atoms with Gasteiger partial charge in [-0.05, 0) is 48.6 Å². The van der Waals surface area contributed by atoms with E-state index < -0.39 is 0 Å². The first-order valence-electron chi connectivity index (χ1n) is 7.54. The molecule has 0 heterocycles. The van der Waals surface area contributed by atoms with Crippen LogP contribution >= 0.6 is 0 Å². The Morgan fingerprint density at radius 3 is 2.20 bits per heavy atom. The van der Waals surface area contributed by atoms with Crippen LogP contribution in [-0.2, 0) is 0 Å². The van der Waals surface area contributed by atoms with Gasteiger partial charge >= 0.3 is 0 Å². The van der Waals surface area contributed by atoms with E-state index in [1.54, 1.807) is 0 Å². The molecule has 2 aromatic rings. The summed E-state index contributed by atoms with van der Waals surface area (Å²) in [5.41, 5.74) is 5.25. The molecule has 0 aliphatic heterocycles. The van der Waals surface area contributed by atoms with E-state index in [-0.39, 0.29) is 0 Å². The fraction of sp³-hybridized carbons (Fsp3) is 0.368. The summed E-state index contributed by atoms with van der Waals surface area (Å²) in [6.07, 6.45) is 0. The van der Waals surface area contributed by atoms with Gasteiger partial charge in [0.1, 0.15) is 0 Å². The second-order valence-electron chi connectivity index (χ2n) is 5.34. The van der Waals surface area contributed by atoms with Crippen LogP contribution in [0, 0.1) is 6.07 Å². The Labute approximate surface area is 123 Å². The highest BCUT2D eigenvalue weighted by Gasteiger charge is 2.16. The molecule has 0 unspecified atom stereocenters. The summed E-state index contributed by atoms with van der Waals surface area (Å²) in [6.45, 7) is 11.0. The summed E-state index contributed by atoms with van der Waals surface area (Å²) in [4.78, 5) is 2.43. The van der Waals surface area contributed by atoms with E-state index in [2.05, 4.69) is 81.1 Å². The van der Waals surface area contributed by atoms with Crippen LogP contribution in [0.2, 0.25) is 0 Å². The fourth-order valence-corrected chi connectivity index (χ4v) is 2.77. The van der Waals surface area contributed by atoms with Gasteiger partial charge in [0.15, 0.2) is 0 Å². The summed E-state index contributed by atoms with van der Waals surface area (Å²) < 4.78 is 0. The molecule has 0 fully saturated rings. The fourth-order valence-electron chi connectivity index (χ4n) is 2.77. The van der Waals surface area contributed by atoms with Crippen LogP contribution in [0.5, 0.6) is 0 Å². The highest BCUT2D eigenvalue weighted by Crippen LogP contribution is 2.36. The smallest absolute Gasteiger partial charge is 0.0407 e. The van der Waals surface area contributed by atoms with Gasteiger partial charge in [-0.3, -0.25) is 0 Å². The van der Waals surface area contributed by atoms with Crippen molar-refractivity contribution in [3.8, 4) is 11.1 Å². The van der Waals surface area contributed by atoms with Gasteiger partial charge in [0.05, 0.1) is 0 Å². The monoisotopic (exact) mass is 266 g/mol. The predicted molar refractivity (Wildman–Crippen MR) is 88.4 cm³/mol. The molecule has 0 aliphatic rings. The lowest BCUT2D eigenvalue weighted by Crippen LogP contribution is -2.23. The van der Waals surface area contributed by atoms with Crippen LogP contribution in [0.25, 0.3) is 11.1 Å². The first-order valence-corrected chi connectivity index (χ1v) is 7.54. The molecule has 0 spiro atoms. The van der Waals surface area contributed by atoms with Crippen molar-refractivity contribution in [2.75, 3.05) is 18.0 Å². The maximum Gasteiger partial charge on any atom is 0.0407 e. The summed E-state index contributed by atoms with van der Waals surface area (Å²) >= 11 is 0. The molecule has 0 saturated carbocycles. The molecule has 1 radical (unpaired) electrons. The van der Waals surface area contributed by atoms with E-state index in [1.807, 2.05) is 0 Å². The second kappa shape index (κ2) is 6.60. The van der Waals surface area contributed by atoms with E-state index in [0.29, 0.717) is 5.92 Å². The molecule has 2 rings (SSSR count). The Morgan fingerprint density at radius 2 is 1.65 bits per heavy atom. The van der Waals surface area contributed by atoms with Gasteiger partial charge in [0.2, 0.25) is 0 Å². The highest BCUT2D eigenvalue weighted by molar-refractivity contribution is 5.75. The minimum absolute atomic E-state index is 0.484. The molecule has 2 aromatic carbocycles. The summed E-state index contributed by atoms with van der Waals surface area (Å²) in [7, 11) is 0. The number of hydrogen-bond donors (Lipinski definition) is 0. The van der Waals surface area contributed by atoms with Crippen molar-refractivity contribution in [3.63, 3.8) is 0 Å². The molecular formula is C19H24N. The standard InChI is InChI=1S/C19H24N/c1-5-20(6-2)18-14-10-13-17(19(18)15(3)4)16-11-8-7-9-12-16/h7-12,14-15H,5-6H2,1-4H3. The number of hydrogen-bond acceptors (Lipinski definition) is 1. The average molecular weight is 266 g/mol. The van der Waals surface area contributed by atoms with E-state index in [0.717, 1.165) is 13.1 Å². The van der Waals surface area contributed by atoms with Gasteiger partial charge in [-0.2, -0.15) is 0 Å². The van der Waals surface area contributed by atoms with Crippen LogP contribution in [0.1, 0.15) is 39.2 Å². The Balaban J connectivity index is 2.61. The van der Waals surface area contributed by atoms with Gasteiger partial charge in [-0.1, -0.05) is 50.2 Å². The third-order valence-electron chi connectivity index (χ3n) is 3.76. The molecule has 105 valence electrons. The third kappa shape index (κ3) is 2.87. The molecule has 20 heavy (non-hydrogen) atoms. The van der Waals surface area contributed by atoms with Crippen LogP contribution in [-0.4, -0.2) is 13.1 Å². The Hall–Kier alpha value is -1.76. The average Bonchev–Trinajstić information content (AvgIpc) is 2.49. The van der Waals surface area contributed by atoms with Gasteiger partial charge in [0, 0.05) is 18.8 Å². The number of benzene rings is 2. The first-order chi connectivity index (χ1) is 9.69. The Kier molecular flexibility index (Phi) is 4.84. The van der Waals surface area contributed by atoms with Crippen LogP contribution in [0.4, 0.5) is 5.69 Å². The molecule has 1 nitrogen and oxygen atoms in total. The largest absolute Gasteiger partial charge is 0.372 e. The molecule has 0 aliphatic carbocycles. The lowest BCUT2D eigenvalue weighted by Gasteiger charge is -2.27. The zero-order valence-electron chi connectivity index (χ0n) is 13.0. The zero-order valence-corrected chi connectivity index (χ0v) is 13.0. The van der Waals surface area contributed by atoms with Crippen molar-refractivity contribution < 1.29 is 0 Å². The molecule has 0 N–H and O–H groups in total. The lowest BCUT2D eigenvalue weighted by atomic mass is 9.90. The molecule has 0 amide bonds. The van der Waals surface area contributed by atoms with E-state index in [4.69, 9.17) is 0 Å². The molecule has 0 bridgehead atoms.